The van der Waals surface area contributed by atoms with E-state index in [1.807, 2.05) is 0 Å². The lowest BCUT2D eigenvalue weighted by Gasteiger charge is -2.44. The van der Waals surface area contributed by atoms with E-state index in [-0.39, 0.29) is 47.9 Å². The van der Waals surface area contributed by atoms with Crippen molar-refractivity contribution in [3.63, 3.8) is 0 Å². The van der Waals surface area contributed by atoms with Gasteiger partial charge < -0.3 is 16.0 Å². The van der Waals surface area contributed by atoms with Crippen molar-refractivity contribution in [1.82, 2.24) is 9.37 Å². The maximum Gasteiger partial charge on any atom is 0.216 e. The fourth-order valence-corrected chi connectivity index (χ4v) is 4.22. The summed E-state index contributed by atoms with van der Waals surface area (Å²) in [6, 6.07) is 5.93. The SMILES string of the molecule is NCCS(=O)(=O)N1C/C(=C\c2ccc(F)c(F)c2)N([O-])/C(=C/c2ccc(F)c(F)c2)C1. The number of piperazine rings is 1. The highest BCUT2D eigenvalue weighted by atomic mass is 32.2. The number of hydrogen-bond donors (Lipinski definition) is 1. The van der Waals surface area contributed by atoms with Crippen molar-refractivity contribution in [1.29, 1.82) is 0 Å². The Labute approximate surface area is 176 Å². The number of rotatable bonds is 5. The Balaban J connectivity index is 2.05. The van der Waals surface area contributed by atoms with Gasteiger partial charge in [-0.25, -0.2) is 26.0 Å². The minimum absolute atomic E-state index is 0.0771. The molecule has 0 unspecified atom stereocenters. The fraction of sp³-hybridized carbons (Fsp3) is 0.200. The predicted octanol–water partition coefficient (Wildman–Crippen LogP) is 3.03. The third-order valence-corrected chi connectivity index (χ3v) is 6.32. The van der Waals surface area contributed by atoms with Crippen LogP contribution in [0.4, 0.5) is 17.6 Å². The molecule has 1 aliphatic heterocycles. The molecule has 166 valence electrons. The lowest BCUT2D eigenvalue weighted by Crippen LogP contribution is -2.45. The fourth-order valence-electron chi connectivity index (χ4n) is 3.00. The highest BCUT2D eigenvalue weighted by Gasteiger charge is 2.29. The topological polar surface area (TPSA) is 89.7 Å². The van der Waals surface area contributed by atoms with Crippen LogP contribution in [0.25, 0.3) is 12.2 Å². The normalized spacial score (nSPS) is 18.2. The molecule has 0 atom stereocenters. The van der Waals surface area contributed by atoms with Crippen LogP contribution in [0, 0.1) is 28.5 Å². The van der Waals surface area contributed by atoms with Crippen LogP contribution >= 0.6 is 0 Å². The van der Waals surface area contributed by atoms with Crippen molar-refractivity contribution in [3.8, 4) is 0 Å². The van der Waals surface area contributed by atoms with Crippen molar-refractivity contribution < 1.29 is 26.0 Å². The molecule has 1 fully saturated rings. The zero-order valence-electron chi connectivity index (χ0n) is 16.1. The Bertz CT molecular complexity index is 1080. The molecule has 2 N–H and O–H groups in total. The van der Waals surface area contributed by atoms with Gasteiger partial charge in [-0.15, -0.1) is 0 Å². The zero-order valence-corrected chi connectivity index (χ0v) is 16.9. The molecule has 31 heavy (non-hydrogen) atoms. The summed E-state index contributed by atoms with van der Waals surface area (Å²) in [4.78, 5) is 0. The first-order valence-electron chi connectivity index (χ1n) is 9.07. The van der Waals surface area contributed by atoms with Gasteiger partial charge in [-0.1, -0.05) is 12.1 Å². The summed E-state index contributed by atoms with van der Waals surface area (Å²) in [7, 11) is -3.84. The van der Waals surface area contributed by atoms with Gasteiger partial charge in [-0.3, -0.25) is 0 Å². The third-order valence-electron chi connectivity index (χ3n) is 4.52. The summed E-state index contributed by atoms with van der Waals surface area (Å²) in [6.45, 7) is -0.815. The van der Waals surface area contributed by atoms with Crippen LogP contribution in [-0.2, 0) is 10.0 Å². The quantitative estimate of drug-likeness (QED) is 0.699. The maximum atomic E-state index is 13.5. The number of benzene rings is 2. The van der Waals surface area contributed by atoms with Gasteiger partial charge in [0.05, 0.1) is 18.8 Å². The van der Waals surface area contributed by atoms with Crippen molar-refractivity contribution in [3.05, 3.63) is 87.4 Å². The Kier molecular flexibility index (Phi) is 6.80. The molecule has 1 heterocycles. The van der Waals surface area contributed by atoms with Crippen LogP contribution in [0.5, 0.6) is 0 Å². The van der Waals surface area contributed by atoms with Crippen molar-refractivity contribution >= 4 is 22.2 Å². The van der Waals surface area contributed by atoms with Crippen LogP contribution in [0.2, 0.25) is 0 Å². The molecule has 2 aromatic rings. The van der Waals surface area contributed by atoms with Gasteiger partial charge in [0, 0.05) is 17.9 Å². The summed E-state index contributed by atoms with van der Waals surface area (Å²) in [5, 5.41) is 13.3. The largest absolute Gasteiger partial charge is 0.754 e. The molecule has 1 saturated heterocycles. The van der Waals surface area contributed by atoms with Gasteiger partial charge in [-0.05, 0) is 47.5 Å². The van der Waals surface area contributed by atoms with Gasteiger partial charge in [0.25, 0.3) is 0 Å². The van der Waals surface area contributed by atoms with Crippen LogP contribution in [0.15, 0.2) is 47.8 Å². The first-order chi connectivity index (χ1) is 14.6. The minimum atomic E-state index is -3.84. The lowest BCUT2D eigenvalue weighted by atomic mass is 10.1. The van der Waals surface area contributed by atoms with E-state index < -0.39 is 33.3 Å². The average Bonchev–Trinajstić information content (AvgIpc) is 2.70. The third kappa shape index (κ3) is 5.31. The van der Waals surface area contributed by atoms with Gasteiger partial charge in [0.2, 0.25) is 10.0 Å². The Morgan fingerprint density at radius 2 is 1.32 bits per heavy atom. The first-order valence-corrected chi connectivity index (χ1v) is 10.7. The number of hydroxylamine groups is 2. The molecular weight excluding hydrogens is 438 g/mol. The summed E-state index contributed by atoms with van der Waals surface area (Å²) in [5.41, 5.74) is 5.49. The molecule has 0 radical (unpaired) electrons. The molecule has 0 aliphatic carbocycles. The highest BCUT2D eigenvalue weighted by molar-refractivity contribution is 7.89. The summed E-state index contributed by atoms with van der Waals surface area (Å²) < 4.78 is 79.5. The van der Waals surface area contributed by atoms with Crippen molar-refractivity contribution in [2.75, 3.05) is 25.4 Å². The Hall–Kier alpha value is -2.73. The standard InChI is InChI=1S/C20H18F4N3O3S/c21-17-3-1-13(9-19(17)23)7-15-11-26(31(29,30)6-5-25)12-16(27(15)28)8-14-2-4-18(22)20(24)10-14/h1-4,7-10H,5-6,11-12,25H2/q-1/b15-7+,16-8+. The predicted molar refractivity (Wildman–Crippen MR) is 108 cm³/mol. The van der Waals surface area contributed by atoms with E-state index in [1.54, 1.807) is 0 Å². The molecule has 0 amide bonds. The molecule has 3 rings (SSSR count). The highest BCUT2D eigenvalue weighted by Crippen LogP contribution is 2.27. The van der Waals surface area contributed by atoms with E-state index in [9.17, 15) is 31.2 Å². The second kappa shape index (κ2) is 9.18. The molecule has 0 bridgehead atoms. The second-order valence-corrected chi connectivity index (χ2v) is 8.87. The van der Waals surface area contributed by atoms with E-state index in [1.165, 1.54) is 24.3 Å². The average molecular weight is 456 g/mol. The number of hydrogen-bond acceptors (Lipinski definition) is 5. The van der Waals surface area contributed by atoms with Gasteiger partial charge in [0.1, 0.15) is 0 Å². The van der Waals surface area contributed by atoms with Crippen LogP contribution in [-0.4, -0.2) is 43.2 Å². The Morgan fingerprint density at radius 3 is 1.71 bits per heavy atom. The molecule has 6 nitrogen and oxygen atoms in total. The van der Waals surface area contributed by atoms with Gasteiger partial charge in [-0.2, -0.15) is 4.31 Å². The summed E-state index contributed by atoms with van der Waals surface area (Å²) in [5.74, 6) is -4.78. The summed E-state index contributed by atoms with van der Waals surface area (Å²) >= 11 is 0. The number of nitrogens with zero attached hydrogens (tertiary/aromatic N) is 2. The molecule has 2 aromatic carbocycles. The van der Waals surface area contributed by atoms with E-state index >= 15 is 0 Å². The number of sulfonamides is 1. The smallest absolute Gasteiger partial charge is 0.216 e. The molecule has 0 spiro atoms. The van der Waals surface area contributed by atoms with Crippen molar-refractivity contribution in [2.24, 2.45) is 5.73 Å². The monoisotopic (exact) mass is 456 g/mol. The molecule has 11 heteroatoms. The molecule has 0 aromatic heterocycles. The van der Waals surface area contributed by atoms with E-state index in [4.69, 9.17) is 5.73 Å². The minimum Gasteiger partial charge on any atom is -0.754 e. The van der Waals surface area contributed by atoms with Crippen LogP contribution in [0.3, 0.4) is 0 Å². The molecule has 1 aliphatic rings. The van der Waals surface area contributed by atoms with Gasteiger partial charge >= 0.3 is 0 Å². The first kappa shape index (κ1) is 22.9. The number of halogens is 4. The number of nitrogens with two attached hydrogens (primary N) is 1. The summed E-state index contributed by atoms with van der Waals surface area (Å²) in [6.07, 6.45) is 2.44. The zero-order chi connectivity index (χ0) is 22.8. The van der Waals surface area contributed by atoms with E-state index in [0.29, 0.717) is 5.06 Å². The second-order valence-electron chi connectivity index (χ2n) is 6.79. The van der Waals surface area contributed by atoms with Crippen LogP contribution < -0.4 is 5.73 Å². The van der Waals surface area contributed by atoms with E-state index in [0.717, 1.165) is 28.6 Å². The Morgan fingerprint density at radius 1 is 0.871 bits per heavy atom. The lowest BCUT2D eigenvalue weighted by molar-refractivity contribution is 0.357. The molecular formula is C20H18F4N3O3S-. The van der Waals surface area contributed by atoms with Crippen LogP contribution in [0.1, 0.15) is 11.1 Å². The van der Waals surface area contributed by atoms with Crippen molar-refractivity contribution in [2.45, 2.75) is 0 Å². The molecule has 0 saturated carbocycles. The van der Waals surface area contributed by atoms with Gasteiger partial charge in [0.15, 0.2) is 23.3 Å². The van der Waals surface area contributed by atoms with E-state index in [2.05, 4.69) is 0 Å². The maximum absolute atomic E-state index is 13.5.